The number of nitrogens with zero attached hydrogens (tertiary/aromatic N) is 2. The highest BCUT2D eigenvalue weighted by Crippen LogP contribution is 2.42. The van der Waals surface area contributed by atoms with E-state index in [-0.39, 0.29) is 22.0 Å². The third-order valence-corrected chi connectivity index (χ3v) is 9.48. The fourth-order valence-corrected chi connectivity index (χ4v) is 7.07. The van der Waals surface area contributed by atoms with E-state index in [2.05, 4.69) is 41.0 Å². The molecule has 52 heavy (non-hydrogen) atoms. The van der Waals surface area contributed by atoms with Crippen LogP contribution in [0.5, 0.6) is 0 Å². The second-order valence-corrected chi connectivity index (χ2v) is 12.5. The van der Waals surface area contributed by atoms with Gasteiger partial charge in [-0.2, -0.15) is 0 Å². The van der Waals surface area contributed by atoms with Crippen molar-refractivity contribution >= 4 is 60.4 Å². The molecule has 0 aliphatic rings. The first-order chi connectivity index (χ1) is 30.4. The van der Waals surface area contributed by atoms with Crippen LogP contribution in [0.3, 0.4) is 0 Å². The molecule has 0 spiro atoms. The van der Waals surface area contributed by atoms with Crippen molar-refractivity contribution in [3.05, 3.63) is 206 Å². The van der Waals surface area contributed by atoms with Gasteiger partial charge in [-0.05, 0) is 99.0 Å². The van der Waals surface area contributed by atoms with Crippen LogP contribution in [0.4, 0.5) is 17.1 Å². The van der Waals surface area contributed by atoms with Crippen molar-refractivity contribution in [1.82, 2.24) is 4.57 Å². The van der Waals surface area contributed by atoms with Gasteiger partial charge in [-0.1, -0.05) is 145 Å². The Hall–Kier alpha value is -6.90. The minimum absolute atomic E-state index is 0.117. The summed E-state index contributed by atoms with van der Waals surface area (Å²) < 4.78 is 101. The molecule has 1 aromatic heterocycles. The standard InChI is InChI=1S/C50H34N2/c1-3-12-35(13-4-1)37-24-28-43(29-25-37)51(44-19-11-16-40(33-44)41-23-22-36-14-7-8-15-39(36)32-41)45-30-26-38-27-31-47-46-20-9-10-21-49(46)52(50(47)48(38)34-45)42-17-5-2-6-18-42/h1-34H/i7D,8D,11D,14D,15D,16D,19D,22D,23D,32D,33D. The average molecular weight is 674 g/mol. The van der Waals surface area contributed by atoms with E-state index >= 15 is 0 Å². The van der Waals surface area contributed by atoms with E-state index in [1.807, 2.05) is 103 Å². The molecule has 244 valence electrons. The first kappa shape index (κ1) is 20.7. The number of para-hydroxylation sites is 2. The highest BCUT2D eigenvalue weighted by molar-refractivity contribution is 6.19. The van der Waals surface area contributed by atoms with Crippen molar-refractivity contribution in [2.45, 2.75) is 0 Å². The summed E-state index contributed by atoms with van der Waals surface area (Å²) in [5.74, 6) is 0. The zero-order valence-corrected chi connectivity index (χ0v) is 27.7. The van der Waals surface area contributed by atoms with E-state index in [1.165, 1.54) is 0 Å². The molecular weight excluding hydrogens is 629 g/mol. The lowest BCUT2D eigenvalue weighted by atomic mass is 10.00. The maximum Gasteiger partial charge on any atom is 0.0651 e. The predicted octanol–water partition coefficient (Wildman–Crippen LogP) is 13.9. The Morgan fingerprint density at radius 1 is 0.404 bits per heavy atom. The molecule has 2 nitrogen and oxygen atoms in total. The van der Waals surface area contributed by atoms with Gasteiger partial charge in [0.1, 0.15) is 0 Å². The molecule has 10 aromatic rings. The van der Waals surface area contributed by atoms with Crippen LogP contribution in [0, 0.1) is 0 Å². The van der Waals surface area contributed by atoms with Gasteiger partial charge < -0.3 is 9.47 Å². The summed E-state index contributed by atoms with van der Waals surface area (Å²) in [4.78, 5) is 1.68. The summed E-state index contributed by atoms with van der Waals surface area (Å²) in [7, 11) is 0. The lowest BCUT2D eigenvalue weighted by Crippen LogP contribution is -2.10. The summed E-state index contributed by atoms with van der Waals surface area (Å²) in [5.41, 5.74) is 4.91. The Bertz CT molecular complexity index is 3520. The molecule has 10 rings (SSSR count). The van der Waals surface area contributed by atoms with Crippen LogP contribution in [-0.4, -0.2) is 4.57 Å². The smallest absolute Gasteiger partial charge is 0.0651 e. The largest absolute Gasteiger partial charge is 0.310 e. The molecule has 0 bridgehead atoms. The fraction of sp³-hybridized carbons (Fsp3) is 0. The normalized spacial score (nSPS) is 14.4. The molecule has 0 fully saturated rings. The highest BCUT2D eigenvalue weighted by Gasteiger charge is 2.18. The van der Waals surface area contributed by atoms with Crippen LogP contribution in [0.1, 0.15) is 15.1 Å². The van der Waals surface area contributed by atoms with Crippen molar-refractivity contribution in [1.29, 1.82) is 0 Å². The van der Waals surface area contributed by atoms with Gasteiger partial charge in [0.15, 0.2) is 0 Å². The predicted molar refractivity (Wildman–Crippen MR) is 221 cm³/mol. The maximum absolute atomic E-state index is 9.88. The van der Waals surface area contributed by atoms with Gasteiger partial charge in [0, 0.05) is 38.9 Å². The summed E-state index contributed by atoms with van der Waals surface area (Å²) in [6.45, 7) is 0. The third-order valence-electron chi connectivity index (χ3n) is 9.48. The van der Waals surface area contributed by atoms with Gasteiger partial charge in [-0.3, -0.25) is 0 Å². The molecule has 0 aliphatic heterocycles. The lowest BCUT2D eigenvalue weighted by molar-refractivity contribution is 1.19. The summed E-state index contributed by atoms with van der Waals surface area (Å²) in [5, 5.41) is 3.20. The van der Waals surface area contributed by atoms with E-state index in [9.17, 15) is 5.48 Å². The minimum atomic E-state index is -0.636. The van der Waals surface area contributed by atoms with E-state index in [0.717, 1.165) is 49.4 Å². The molecule has 0 aliphatic carbocycles. The van der Waals surface area contributed by atoms with Gasteiger partial charge in [0.25, 0.3) is 0 Å². The van der Waals surface area contributed by atoms with Gasteiger partial charge in [0.2, 0.25) is 0 Å². The zero-order valence-electron chi connectivity index (χ0n) is 38.7. The van der Waals surface area contributed by atoms with Crippen molar-refractivity contribution in [2.75, 3.05) is 4.90 Å². The van der Waals surface area contributed by atoms with Crippen LogP contribution in [0.25, 0.3) is 71.3 Å². The number of benzene rings is 9. The number of hydrogen-bond donors (Lipinski definition) is 0. The monoisotopic (exact) mass is 673 g/mol. The number of aromatic nitrogens is 1. The van der Waals surface area contributed by atoms with Crippen LogP contribution in [-0.2, 0) is 0 Å². The van der Waals surface area contributed by atoms with E-state index in [1.54, 1.807) is 4.90 Å². The minimum Gasteiger partial charge on any atom is -0.310 e. The van der Waals surface area contributed by atoms with E-state index in [4.69, 9.17) is 9.60 Å². The molecule has 0 saturated carbocycles. The second kappa shape index (κ2) is 12.5. The molecular formula is C50H34N2. The first-order valence-electron chi connectivity index (χ1n) is 22.5. The van der Waals surface area contributed by atoms with Gasteiger partial charge >= 0.3 is 0 Å². The van der Waals surface area contributed by atoms with Crippen LogP contribution < -0.4 is 4.90 Å². The van der Waals surface area contributed by atoms with E-state index < -0.39 is 72.0 Å². The Balaban J connectivity index is 1.29. The molecule has 0 radical (unpaired) electrons. The molecule has 2 heteroatoms. The summed E-state index contributed by atoms with van der Waals surface area (Å²) in [6.07, 6.45) is 0. The van der Waals surface area contributed by atoms with Gasteiger partial charge in [-0.25, -0.2) is 0 Å². The quantitative estimate of drug-likeness (QED) is 0.171. The molecule has 0 unspecified atom stereocenters. The van der Waals surface area contributed by atoms with Crippen molar-refractivity contribution < 1.29 is 15.1 Å². The molecule has 1 heterocycles. The molecule has 9 aromatic carbocycles. The van der Waals surface area contributed by atoms with Gasteiger partial charge in [0.05, 0.1) is 26.1 Å². The first-order valence-corrected chi connectivity index (χ1v) is 17.0. The highest BCUT2D eigenvalue weighted by atomic mass is 15.1. The topological polar surface area (TPSA) is 8.17 Å². The number of hydrogen-bond acceptors (Lipinski definition) is 1. The van der Waals surface area contributed by atoms with Crippen LogP contribution in [0.2, 0.25) is 0 Å². The number of anilines is 3. The third kappa shape index (κ3) is 5.12. The lowest BCUT2D eigenvalue weighted by Gasteiger charge is -2.27. The molecule has 0 saturated heterocycles. The van der Waals surface area contributed by atoms with Gasteiger partial charge in [-0.15, -0.1) is 0 Å². The van der Waals surface area contributed by atoms with E-state index in [0.29, 0.717) is 11.4 Å². The maximum atomic E-state index is 9.88. The second-order valence-electron chi connectivity index (χ2n) is 12.5. The summed E-state index contributed by atoms with van der Waals surface area (Å²) >= 11 is 0. The average Bonchev–Trinajstić information content (AvgIpc) is 3.66. The van der Waals surface area contributed by atoms with Crippen molar-refractivity contribution in [3.63, 3.8) is 0 Å². The molecule has 0 atom stereocenters. The Kier molecular flexibility index (Phi) is 4.96. The Morgan fingerprint density at radius 2 is 1.10 bits per heavy atom. The Morgan fingerprint density at radius 3 is 1.94 bits per heavy atom. The zero-order chi connectivity index (χ0) is 44.0. The van der Waals surface area contributed by atoms with Crippen molar-refractivity contribution in [3.8, 4) is 27.9 Å². The van der Waals surface area contributed by atoms with Crippen LogP contribution >= 0.6 is 0 Å². The van der Waals surface area contributed by atoms with Crippen LogP contribution in [0.15, 0.2) is 206 Å². The number of fused-ring (bicyclic) bond motifs is 6. The number of rotatable bonds is 6. The molecule has 0 N–H and O–H groups in total. The fourth-order valence-electron chi connectivity index (χ4n) is 7.07. The molecule has 0 amide bonds. The Labute approximate surface area is 318 Å². The SMILES string of the molecule is [2H]c1c([2H])c(-c2c([2H])c([2H])c3c([2H])c([2H])c([2H])c([2H])c3c2[2H])c([2H])c(N(c2ccc(-c3ccccc3)cc2)c2ccc3ccc4c5ccccc5n(-c5ccccc5)c4c3c2)c1[2H]. The summed E-state index contributed by atoms with van der Waals surface area (Å²) in [6, 6.07) is 39.2. The van der Waals surface area contributed by atoms with Crippen molar-refractivity contribution in [2.24, 2.45) is 0 Å².